The number of aromatic nitrogens is 1. The van der Waals surface area contributed by atoms with Crippen LogP contribution in [0.2, 0.25) is 0 Å². The maximum absolute atomic E-state index is 12.4. The van der Waals surface area contributed by atoms with Crippen LogP contribution in [-0.4, -0.2) is 23.5 Å². The number of benzene rings is 1. The van der Waals surface area contributed by atoms with Crippen LogP contribution in [0.15, 0.2) is 29.6 Å². The summed E-state index contributed by atoms with van der Waals surface area (Å²) in [6.07, 6.45) is 2.38. The first-order valence-corrected chi connectivity index (χ1v) is 10.1. The van der Waals surface area contributed by atoms with Crippen LogP contribution in [-0.2, 0) is 15.1 Å². The van der Waals surface area contributed by atoms with Gasteiger partial charge >= 0.3 is 5.97 Å². The number of cyclic esters (lactones) is 1. The number of anilines is 1. The first-order valence-electron chi connectivity index (χ1n) is 9.18. The van der Waals surface area contributed by atoms with E-state index in [0.29, 0.717) is 29.4 Å². The summed E-state index contributed by atoms with van der Waals surface area (Å²) in [5.41, 5.74) is 0.480. The SMILES string of the molecule is CCC[C@@H]1C[C@](C)(c2csc(NC(=O)c3ccc(OCC)cc3)n2)OC1=O. The van der Waals surface area contributed by atoms with Crippen molar-refractivity contribution in [3.05, 3.63) is 40.9 Å². The zero-order chi connectivity index (χ0) is 19.4. The normalized spacial score (nSPS) is 21.7. The molecule has 6 nitrogen and oxygen atoms in total. The number of nitrogens with one attached hydrogen (secondary N) is 1. The number of hydrogen-bond donors (Lipinski definition) is 1. The monoisotopic (exact) mass is 388 g/mol. The van der Waals surface area contributed by atoms with Crippen LogP contribution in [0, 0.1) is 5.92 Å². The van der Waals surface area contributed by atoms with E-state index in [1.807, 2.05) is 19.2 Å². The van der Waals surface area contributed by atoms with Gasteiger partial charge in [-0.1, -0.05) is 13.3 Å². The molecule has 1 N–H and O–H groups in total. The molecule has 2 heterocycles. The summed E-state index contributed by atoms with van der Waals surface area (Å²) in [4.78, 5) is 29.0. The zero-order valence-electron chi connectivity index (χ0n) is 15.8. The van der Waals surface area contributed by atoms with E-state index in [0.717, 1.165) is 18.6 Å². The quantitative estimate of drug-likeness (QED) is 0.713. The predicted molar refractivity (Wildman–Crippen MR) is 104 cm³/mol. The molecule has 1 fully saturated rings. The lowest BCUT2D eigenvalue weighted by Crippen LogP contribution is -2.21. The van der Waals surface area contributed by atoms with Gasteiger partial charge < -0.3 is 9.47 Å². The Labute approximate surface area is 162 Å². The van der Waals surface area contributed by atoms with E-state index in [2.05, 4.69) is 17.2 Å². The molecule has 1 aromatic carbocycles. The Morgan fingerprint density at radius 2 is 2.11 bits per heavy atom. The van der Waals surface area contributed by atoms with Crippen LogP contribution in [0.25, 0.3) is 0 Å². The Morgan fingerprint density at radius 3 is 2.78 bits per heavy atom. The van der Waals surface area contributed by atoms with Crippen LogP contribution < -0.4 is 10.1 Å². The maximum Gasteiger partial charge on any atom is 0.310 e. The number of carbonyl (C=O) groups is 2. The van der Waals surface area contributed by atoms with Gasteiger partial charge in [-0.3, -0.25) is 14.9 Å². The number of thiazole rings is 1. The van der Waals surface area contributed by atoms with Crippen molar-refractivity contribution >= 4 is 28.3 Å². The van der Waals surface area contributed by atoms with Crippen LogP contribution in [0.1, 0.15) is 56.1 Å². The number of amides is 1. The third kappa shape index (κ3) is 4.30. The van der Waals surface area contributed by atoms with Crippen LogP contribution in [0.5, 0.6) is 5.75 Å². The Bertz CT molecular complexity index is 818. The minimum atomic E-state index is -0.727. The fourth-order valence-electron chi connectivity index (χ4n) is 3.24. The van der Waals surface area contributed by atoms with Crippen molar-refractivity contribution in [1.82, 2.24) is 4.98 Å². The van der Waals surface area contributed by atoms with E-state index >= 15 is 0 Å². The predicted octanol–water partition coefficient (Wildman–Crippen LogP) is 4.37. The highest BCUT2D eigenvalue weighted by molar-refractivity contribution is 7.14. The van der Waals surface area contributed by atoms with Gasteiger partial charge in [0, 0.05) is 17.4 Å². The van der Waals surface area contributed by atoms with E-state index in [1.165, 1.54) is 11.3 Å². The molecular formula is C20H24N2O4S. The van der Waals surface area contributed by atoms with Crippen molar-refractivity contribution in [3.8, 4) is 5.75 Å². The Morgan fingerprint density at radius 1 is 1.37 bits per heavy atom. The van der Waals surface area contributed by atoms with Gasteiger partial charge in [-0.25, -0.2) is 4.98 Å². The number of hydrogen-bond acceptors (Lipinski definition) is 6. The first-order chi connectivity index (χ1) is 12.9. The van der Waals surface area contributed by atoms with E-state index in [4.69, 9.17) is 9.47 Å². The van der Waals surface area contributed by atoms with Crippen molar-refractivity contribution in [2.45, 2.75) is 45.6 Å². The van der Waals surface area contributed by atoms with Gasteiger partial charge in [0.25, 0.3) is 5.91 Å². The topological polar surface area (TPSA) is 77.5 Å². The third-order valence-electron chi connectivity index (χ3n) is 4.63. The second-order valence-electron chi connectivity index (χ2n) is 6.79. The second kappa shape index (κ2) is 8.08. The third-order valence-corrected chi connectivity index (χ3v) is 5.38. The number of ether oxygens (including phenoxy) is 2. The lowest BCUT2D eigenvalue weighted by Gasteiger charge is -2.19. The van der Waals surface area contributed by atoms with Crippen molar-refractivity contribution in [3.63, 3.8) is 0 Å². The molecule has 1 aliphatic rings. The van der Waals surface area contributed by atoms with Crippen LogP contribution in [0.3, 0.4) is 0 Å². The highest BCUT2D eigenvalue weighted by atomic mass is 32.1. The molecule has 1 saturated heterocycles. The second-order valence-corrected chi connectivity index (χ2v) is 7.65. The molecule has 0 saturated carbocycles. The molecule has 0 radical (unpaired) electrons. The molecule has 2 atom stereocenters. The molecule has 1 amide bonds. The minimum absolute atomic E-state index is 0.0800. The summed E-state index contributed by atoms with van der Waals surface area (Å²) >= 11 is 1.33. The molecule has 0 bridgehead atoms. The summed E-state index contributed by atoms with van der Waals surface area (Å²) in [5.74, 6) is 0.246. The molecule has 0 aliphatic carbocycles. The van der Waals surface area contributed by atoms with Gasteiger partial charge in [0.2, 0.25) is 0 Å². The summed E-state index contributed by atoms with van der Waals surface area (Å²) in [5, 5.41) is 5.13. The fraction of sp³-hybridized carbons (Fsp3) is 0.450. The average Bonchev–Trinajstić information content (AvgIpc) is 3.22. The Balaban J connectivity index is 1.67. The molecule has 144 valence electrons. The van der Waals surface area contributed by atoms with Gasteiger partial charge in [0.15, 0.2) is 10.7 Å². The molecule has 7 heteroatoms. The number of rotatable bonds is 7. The number of esters is 1. The molecule has 1 aliphatic heterocycles. The Kier molecular flexibility index (Phi) is 5.79. The summed E-state index contributed by atoms with van der Waals surface area (Å²) < 4.78 is 11.0. The van der Waals surface area contributed by atoms with Crippen molar-refractivity contribution in [2.75, 3.05) is 11.9 Å². The van der Waals surface area contributed by atoms with Crippen molar-refractivity contribution in [2.24, 2.45) is 5.92 Å². The summed E-state index contributed by atoms with van der Waals surface area (Å²) in [6, 6.07) is 6.95. The average molecular weight is 388 g/mol. The van der Waals surface area contributed by atoms with E-state index in [-0.39, 0.29) is 17.8 Å². The standard InChI is InChI=1S/C20H24N2O4S/c1-4-6-14-11-20(3,26-18(14)24)16-12-27-19(21-16)22-17(23)13-7-9-15(10-8-13)25-5-2/h7-10,12,14H,4-6,11H2,1-3H3,(H,21,22,23)/t14-,20-/m1/s1. The number of nitrogens with zero attached hydrogens (tertiary/aromatic N) is 1. The van der Waals surface area contributed by atoms with E-state index < -0.39 is 5.60 Å². The first kappa shape index (κ1) is 19.4. The van der Waals surface area contributed by atoms with E-state index in [1.54, 1.807) is 24.3 Å². The molecule has 0 spiro atoms. The molecule has 1 aromatic heterocycles. The van der Waals surface area contributed by atoms with E-state index in [9.17, 15) is 9.59 Å². The fourth-order valence-corrected chi connectivity index (χ4v) is 4.07. The highest BCUT2D eigenvalue weighted by Crippen LogP contribution is 2.41. The smallest absolute Gasteiger partial charge is 0.310 e. The highest BCUT2D eigenvalue weighted by Gasteiger charge is 2.45. The molecular weight excluding hydrogens is 364 g/mol. The van der Waals surface area contributed by atoms with Crippen molar-refractivity contribution in [1.29, 1.82) is 0 Å². The lowest BCUT2D eigenvalue weighted by molar-refractivity contribution is -0.150. The zero-order valence-corrected chi connectivity index (χ0v) is 16.6. The molecule has 0 unspecified atom stereocenters. The van der Waals surface area contributed by atoms with Gasteiger partial charge in [0.05, 0.1) is 18.2 Å². The van der Waals surface area contributed by atoms with Gasteiger partial charge in [0.1, 0.15) is 5.75 Å². The number of carbonyl (C=O) groups excluding carboxylic acids is 2. The van der Waals surface area contributed by atoms with Crippen molar-refractivity contribution < 1.29 is 19.1 Å². The van der Waals surface area contributed by atoms with Crippen LogP contribution in [0.4, 0.5) is 5.13 Å². The van der Waals surface area contributed by atoms with Gasteiger partial charge in [-0.2, -0.15) is 0 Å². The Hall–Kier alpha value is -2.41. The summed E-state index contributed by atoms with van der Waals surface area (Å²) in [7, 11) is 0. The minimum Gasteiger partial charge on any atom is -0.494 e. The molecule has 2 aromatic rings. The summed E-state index contributed by atoms with van der Waals surface area (Å²) in [6.45, 7) is 6.43. The molecule has 3 rings (SSSR count). The lowest BCUT2D eigenvalue weighted by atomic mass is 9.91. The van der Waals surface area contributed by atoms with Gasteiger partial charge in [-0.15, -0.1) is 11.3 Å². The van der Waals surface area contributed by atoms with Gasteiger partial charge in [-0.05, 0) is 44.5 Å². The van der Waals surface area contributed by atoms with Crippen LogP contribution >= 0.6 is 11.3 Å². The maximum atomic E-state index is 12.4. The molecule has 27 heavy (non-hydrogen) atoms. The largest absolute Gasteiger partial charge is 0.494 e.